The molecule has 2 rings (SSSR count). The van der Waals surface area contributed by atoms with Crippen molar-refractivity contribution in [3.8, 4) is 5.75 Å². The monoisotopic (exact) mass is 290 g/mol. The van der Waals surface area contributed by atoms with E-state index in [-0.39, 0.29) is 0 Å². The highest BCUT2D eigenvalue weighted by Gasteiger charge is 2.03. The summed E-state index contributed by atoms with van der Waals surface area (Å²) in [6, 6.07) is 8.85. The molecule has 0 saturated carbocycles. The molecule has 3 nitrogen and oxygen atoms in total. The molecular formula is C16H22N2OS. The number of rotatable bonds is 8. The third kappa shape index (κ3) is 4.94. The topological polar surface area (TPSA) is 34.1 Å². The van der Waals surface area contributed by atoms with Gasteiger partial charge in [-0.05, 0) is 37.5 Å². The van der Waals surface area contributed by atoms with E-state index in [0.717, 1.165) is 31.6 Å². The number of hydrogen-bond acceptors (Lipinski definition) is 4. The third-order valence-corrected chi connectivity index (χ3v) is 4.02. The van der Waals surface area contributed by atoms with Crippen LogP contribution < -0.4 is 10.1 Å². The lowest BCUT2D eigenvalue weighted by Gasteiger charge is -2.13. The summed E-state index contributed by atoms with van der Waals surface area (Å²) in [4.78, 5) is 4.29. The molecule has 0 radical (unpaired) electrons. The highest BCUT2D eigenvalue weighted by atomic mass is 32.1. The van der Waals surface area contributed by atoms with E-state index in [1.807, 2.05) is 17.6 Å². The Morgan fingerprint density at radius 1 is 1.25 bits per heavy atom. The van der Waals surface area contributed by atoms with Gasteiger partial charge in [0, 0.05) is 24.4 Å². The summed E-state index contributed by atoms with van der Waals surface area (Å²) in [5.41, 5.74) is 4.44. The van der Waals surface area contributed by atoms with Crippen molar-refractivity contribution in [1.29, 1.82) is 0 Å². The quantitative estimate of drug-likeness (QED) is 0.810. The molecule has 1 heterocycles. The SMILES string of the molecule is COc1ccc(CCC(C)NCCc2cscn2)cc1. The molecule has 0 amide bonds. The maximum Gasteiger partial charge on any atom is 0.118 e. The van der Waals surface area contributed by atoms with E-state index in [1.54, 1.807) is 18.4 Å². The number of nitrogens with zero attached hydrogens (tertiary/aromatic N) is 1. The molecule has 0 aliphatic carbocycles. The Balaban J connectivity index is 1.65. The van der Waals surface area contributed by atoms with Gasteiger partial charge in [-0.2, -0.15) is 0 Å². The van der Waals surface area contributed by atoms with Crippen LogP contribution >= 0.6 is 11.3 Å². The highest BCUT2D eigenvalue weighted by molar-refractivity contribution is 7.07. The third-order valence-electron chi connectivity index (χ3n) is 3.38. The average molecular weight is 290 g/mol. The molecule has 0 fully saturated rings. The molecule has 2 aromatic rings. The van der Waals surface area contributed by atoms with Gasteiger partial charge in [-0.1, -0.05) is 12.1 Å². The van der Waals surface area contributed by atoms with Crippen LogP contribution in [-0.4, -0.2) is 24.7 Å². The zero-order valence-corrected chi connectivity index (χ0v) is 13.0. The second-order valence-electron chi connectivity index (χ2n) is 4.97. The van der Waals surface area contributed by atoms with Gasteiger partial charge in [0.1, 0.15) is 5.75 Å². The van der Waals surface area contributed by atoms with Crippen LogP contribution in [0.3, 0.4) is 0 Å². The average Bonchev–Trinajstić information content (AvgIpc) is 2.99. The van der Waals surface area contributed by atoms with Crippen molar-refractivity contribution in [3.05, 3.63) is 46.4 Å². The van der Waals surface area contributed by atoms with Gasteiger partial charge in [-0.15, -0.1) is 11.3 Å². The normalized spacial score (nSPS) is 12.3. The first-order valence-corrected chi connectivity index (χ1v) is 7.95. The number of thiazole rings is 1. The number of benzene rings is 1. The zero-order chi connectivity index (χ0) is 14.2. The summed E-state index contributed by atoms with van der Waals surface area (Å²) in [7, 11) is 1.70. The summed E-state index contributed by atoms with van der Waals surface area (Å²) >= 11 is 1.66. The molecule has 0 bridgehead atoms. The molecule has 1 N–H and O–H groups in total. The first kappa shape index (κ1) is 15.0. The lowest BCUT2D eigenvalue weighted by Crippen LogP contribution is -2.28. The summed E-state index contributed by atoms with van der Waals surface area (Å²) in [6.07, 6.45) is 3.24. The van der Waals surface area contributed by atoms with Gasteiger partial charge >= 0.3 is 0 Å². The fourth-order valence-electron chi connectivity index (χ4n) is 2.09. The number of aryl methyl sites for hydroxylation is 1. The van der Waals surface area contributed by atoms with E-state index >= 15 is 0 Å². The molecule has 1 aromatic heterocycles. The number of nitrogens with one attached hydrogen (secondary N) is 1. The Labute approximate surface area is 125 Å². The first-order valence-electron chi connectivity index (χ1n) is 7.01. The van der Waals surface area contributed by atoms with Gasteiger partial charge in [0.15, 0.2) is 0 Å². The van der Waals surface area contributed by atoms with Crippen LogP contribution in [0.25, 0.3) is 0 Å². The molecule has 1 atom stereocenters. The maximum absolute atomic E-state index is 5.17. The molecule has 0 aliphatic heterocycles. The van der Waals surface area contributed by atoms with Gasteiger partial charge in [0.05, 0.1) is 18.3 Å². The molecule has 1 aromatic carbocycles. The van der Waals surface area contributed by atoms with Crippen LogP contribution in [0.2, 0.25) is 0 Å². The van der Waals surface area contributed by atoms with Gasteiger partial charge in [-0.3, -0.25) is 0 Å². The zero-order valence-electron chi connectivity index (χ0n) is 12.1. The lowest BCUT2D eigenvalue weighted by molar-refractivity contribution is 0.414. The number of ether oxygens (including phenoxy) is 1. The summed E-state index contributed by atoms with van der Waals surface area (Å²) < 4.78 is 5.17. The highest BCUT2D eigenvalue weighted by Crippen LogP contribution is 2.13. The van der Waals surface area contributed by atoms with Gasteiger partial charge in [0.2, 0.25) is 0 Å². The van der Waals surface area contributed by atoms with Crippen molar-refractivity contribution < 1.29 is 4.74 Å². The second-order valence-corrected chi connectivity index (χ2v) is 5.69. The van der Waals surface area contributed by atoms with Gasteiger partial charge < -0.3 is 10.1 Å². The number of methoxy groups -OCH3 is 1. The van der Waals surface area contributed by atoms with Crippen molar-refractivity contribution >= 4 is 11.3 Å². The molecule has 20 heavy (non-hydrogen) atoms. The van der Waals surface area contributed by atoms with Crippen LogP contribution in [0.15, 0.2) is 35.2 Å². The van der Waals surface area contributed by atoms with Crippen molar-refractivity contribution in [2.75, 3.05) is 13.7 Å². The summed E-state index contributed by atoms with van der Waals surface area (Å²) in [6.45, 7) is 3.23. The van der Waals surface area contributed by atoms with Crippen LogP contribution in [0.5, 0.6) is 5.75 Å². The van der Waals surface area contributed by atoms with Gasteiger partial charge in [0.25, 0.3) is 0 Å². The van der Waals surface area contributed by atoms with Crippen molar-refractivity contribution in [2.24, 2.45) is 0 Å². The van der Waals surface area contributed by atoms with E-state index in [2.05, 4.69) is 34.7 Å². The standard InChI is InChI=1S/C16H22N2OS/c1-13(17-10-9-15-11-20-12-18-15)3-4-14-5-7-16(19-2)8-6-14/h5-8,11-13,17H,3-4,9-10H2,1-2H3. The van der Waals surface area contributed by atoms with Crippen molar-refractivity contribution in [2.45, 2.75) is 32.2 Å². The largest absolute Gasteiger partial charge is 0.497 e. The Morgan fingerprint density at radius 3 is 2.70 bits per heavy atom. The fraction of sp³-hybridized carbons (Fsp3) is 0.438. The Kier molecular flexibility index (Phi) is 6.02. The van der Waals surface area contributed by atoms with E-state index in [4.69, 9.17) is 4.74 Å². The minimum atomic E-state index is 0.524. The molecule has 4 heteroatoms. The summed E-state index contributed by atoms with van der Waals surface area (Å²) in [5, 5.41) is 5.67. The predicted molar refractivity (Wildman–Crippen MR) is 84.6 cm³/mol. The fourth-order valence-corrected chi connectivity index (χ4v) is 2.68. The molecule has 0 aliphatic rings. The van der Waals surface area contributed by atoms with Gasteiger partial charge in [-0.25, -0.2) is 4.98 Å². The Morgan fingerprint density at radius 2 is 2.05 bits per heavy atom. The van der Waals surface area contributed by atoms with Crippen molar-refractivity contribution in [3.63, 3.8) is 0 Å². The van der Waals surface area contributed by atoms with E-state index in [1.165, 1.54) is 11.3 Å². The van der Waals surface area contributed by atoms with E-state index in [0.29, 0.717) is 6.04 Å². The maximum atomic E-state index is 5.17. The second kappa shape index (κ2) is 8.02. The number of hydrogen-bond donors (Lipinski definition) is 1. The van der Waals surface area contributed by atoms with Crippen LogP contribution in [0.1, 0.15) is 24.6 Å². The summed E-state index contributed by atoms with van der Waals surface area (Å²) in [5.74, 6) is 0.920. The van der Waals surface area contributed by atoms with Crippen LogP contribution in [0, 0.1) is 0 Å². The van der Waals surface area contributed by atoms with Crippen LogP contribution in [-0.2, 0) is 12.8 Å². The molecule has 1 unspecified atom stereocenters. The predicted octanol–water partition coefficient (Wildman–Crippen LogP) is 3.31. The Hall–Kier alpha value is -1.39. The van der Waals surface area contributed by atoms with E-state index < -0.39 is 0 Å². The molecular weight excluding hydrogens is 268 g/mol. The lowest BCUT2D eigenvalue weighted by atomic mass is 10.1. The van der Waals surface area contributed by atoms with E-state index in [9.17, 15) is 0 Å². The molecule has 108 valence electrons. The molecule has 0 spiro atoms. The van der Waals surface area contributed by atoms with Crippen molar-refractivity contribution in [1.82, 2.24) is 10.3 Å². The molecule has 0 saturated heterocycles. The number of aromatic nitrogens is 1. The minimum absolute atomic E-state index is 0.524. The Bertz CT molecular complexity index is 482. The smallest absolute Gasteiger partial charge is 0.118 e. The first-order chi connectivity index (χ1) is 9.78. The minimum Gasteiger partial charge on any atom is -0.497 e. The van der Waals surface area contributed by atoms with Crippen LogP contribution in [0.4, 0.5) is 0 Å².